The standard InChI is InChI=1S/C13H13FN2O/c1-2-8-10(14)4-3-7-5-11(16)9(6-15)13(17)12(7)8/h3-4,6,15H,2,5,16H2,1H3. The first kappa shape index (κ1) is 11.5. The van der Waals surface area contributed by atoms with E-state index >= 15 is 0 Å². The van der Waals surface area contributed by atoms with E-state index in [-0.39, 0.29) is 17.2 Å². The van der Waals surface area contributed by atoms with E-state index in [2.05, 4.69) is 0 Å². The van der Waals surface area contributed by atoms with Crippen molar-refractivity contribution in [1.29, 1.82) is 5.41 Å². The van der Waals surface area contributed by atoms with Gasteiger partial charge in [0.05, 0.1) is 5.57 Å². The average molecular weight is 232 g/mol. The van der Waals surface area contributed by atoms with Crippen molar-refractivity contribution in [1.82, 2.24) is 0 Å². The van der Waals surface area contributed by atoms with Crippen molar-refractivity contribution in [3.05, 3.63) is 45.9 Å². The van der Waals surface area contributed by atoms with Crippen molar-refractivity contribution in [2.75, 3.05) is 0 Å². The number of rotatable bonds is 2. The number of benzene rings is 1. The number of allylic oxidation sites excluding steroid dienone is 2. The molecule has 0 spiro atoms. The minimum absolute atomic E-state index is 0.179. The van der Waals surface area contributed by atoms with Gasteiger partial charge in [0.2, 0.25) is 0 Å². The maximum atomic E-state index is 13.6. The van der Waals surface area contributed by atoms with Crippen LogP contribution in [0.1, 0.15) is 28.4 Å². The highest BCUT2D eigenvalue weighted by molar-refractivity contribution is 6.23. The van der Waals surface area contributed by atoms with Gasteiger partial charge in [-0.2, -0.15) is 0 Å². The van der Waals surface area contributed by atoms with E-state index in [1.54, 1.807) is 13.0 Å². The Labute approximate surface area is 98.6 Å². The van der Waals surface area contributed by atoms with Crippen LogP contribution in [0.4, 0.5) is 4.39 Å². The second-order valence-electron chi connectivity index (χ2n) is 4.00. The molecule has 0 heterocycles. The molecule has 0 radical (unpaired) electrons. The lowest BCUT2D eigenvalue weighted by Gasteiger charge is -2.20. The Morgan fingerprint density at radius 1 is 1.53 bits per heavy atom. The van der Waals surface area contributed by atoms with Crippen LogP contribution in [0.15, 0.2) is 23.4 Å². The van der Waals surface area contributed by atoms with Crippen LogP contribution in [0, 0.1) is 11.2 Å². The lowest BCUT2D eigenvalue weighted by Crippen LogP contribution is -2.23. The van der Waals surface area contributed by atoms with Crippen molar-refractivity contribution in [3.63, 3.8) is 0 Å². The number of carbonyl (C=O) groups excluding carboxylic acids is 1. The Bertz CT molecular complexity index is 547. The molecule has 0 bridgehead atoms. The van der Waals surface area contributed by atoms with Gasteiger partial charge in [-0.15, -0.1) is 0 Å². The molecule has 2 rings (SSSR count). The summed E-state index contributed by atoms with van der Waals surface area (Å²) in [6, 6.07) is 2.96. The fourth-order valence-corrected chi connectivity index (χ4v) is 2.19. The van der Waals surface area contributed by atoms with Crippen LogP contribution in [0.5, 0.6) is 0 Å². The fraction of sp³-hybridized carbons (Fsp3) is 0.231. The van der Waals surface area contributed by atoms with E-state index in [1.165, 1.54) is 6.07 Å². The molecule has 0 aromatic heterocycles. The summed E-state index contributed by atoms with van der Waals surface area (Å²) in [7, 11) is 0. The Morgan fingerprint density at radius 2 is 2.24 bits per heavy atom. The van der Waals surface area contributed by atoms with Crippen molar-refractivity contribution in [2.24, 2.45) is 5.73 Å². The third-order valence-corrected chi connectivity index (χ3v) is 3.04. The third kappa shape index (κ3) is 1.65. The SMILES string of the molecule is CCc1c(F)ccc2c1C(=O)C(C=N)=C(N)C2. The Balaban J connectivity index is 2.69. The highest BCUT2D eigenvalue weighted by Crippen LogP contribution is 2.28. The number of Topliss-reactive ketones (excluding diaryl/α,β-unsaturated/α-hetero) is 1. The minimum Gasteiger partial charge on any atom is -0.401 e. The molecule has 0 saturated heterocycles. The van der Waals surface area contributed by atoms with Crippen molar-refractivity contribution >= 4 is 12.0 Å². The van der Waals surface area contributed by atoms with Gasteiger partial charge in [0.25, 0.3) is 0 Å². The molecule has 0 saturated carbocycles. The molecule has 0 atom stereocenters. The molecule has 1 aromatic rings. The summed E-state index contributed by atoms with van der Waals surface area (Å²) in [6.45, 7) is 1.80. The van der Waals surface area contributed by atoms with Gasteiger partial charge >= 0.3 is 0 Å². The van der Waals surface area contributed by atoms with Gasteiger partial charge in [0.1, 0.15) is 5.82 Å². The predicted octanol–water partition coefficient (Wildman–Crippen LogP) is 1.99. The zero-order chi connectivity index (χ0) is 12.6. The summed E-state index contributed by atoms with van der Waals surface area (Å²) >= 11 is 0. The summed E-state index contributed by atoms with van der Waals surface area (Å²) in [5.74, 6) is -0.709. The number of nitrogens with two attached hydrogens (primary N) is 1. The number of fused-ring (bicyclic) bond motifs is 1. The number of carbonyl (C=O) groups is 1. The van der Waals surface area contributed by atoms with Crippen LogP contribution in [-0.4, -0.2) is 12.0 Å². The van der Waals surface area contributed by atoms with E-state index in [9.17, 15) is 9.18 Å². The van der Waals surface area contributed by atoms with Gasteiger partial charge in [-0.05, 0) is 23.6 Å². The van der Waals surface area contributed by atoms with Crippen LogP contribution in [0.2, 0.25) is 0 Å². The maximum Gasteiger partial charge on any atom is 0.196 e. The molecule has 88 valence electrons. The molecule has 4 heteroatoms. The normalized spacial score (nSPS) is 14.8. The van der Waals surface area contributed by atoms with Gasteiger partial charge in [-0.25, -0.2) is 4.39 Å². The summed E-state index contributed by atoms with van der Waals surface area (Å²) in [5, 5.41) is 7.20. The number of nitrogens with one attached hydrogen (secondary N) is 1. The first-order valence-electron chi connectivity index (χ1n) is 5.44. The molecular weight excluding hydrogens is 219 g/mol. The van der Waals surface area contributed by atoms with Crippen LogP contribution >= 0.6 is 0 Å². The van der Waals surface area contributed by atoms with Crippen molar-refractivity contribution in [3.8, 4) is 0 Å². The summed E-state index contributed by atoms with van der Waals surface area (Å²) < 4.78 is 13.6. The highest BCUT2D eigenvalue weighted by Gasteiger charge is 2.26. The second kappa shape index (κ2) is 4.13. The Morgan fingerprint density at radius 3 is 2.82 bits per heavy atom. The lowest BCUT2D eigenvalue weighted by molar-refractivity contribution is 0.103. The van der Waals surface area contributed by atoms with Gasteiger partial charge in [-0.3, -0.25) is 4.79 Å². The average Bonchev–Trinajstić information content (AvgIpc) is 2.30. The molecule has 0 unspecified atom stereocenters. The summed E-state index contributed by atoms with van der Waals surface area (Å²) in [4.78, 5) is 12.1. The lowest BCUT2D eigenvalue weighted by atomic mass is 9.85. The molecule has 0 fully saturated rings. The van der Waals surface area contributed by atoms with E-state index in [0.29, 0.717) is 29.7 Å². The molecule has 1 aromatic carbocycles. The smallest absolute Gasteiger partial charge is 0.196 e. The van der Waals surface area contributed by atoms with Crippen molar-refractivity contribution < 1.29 is 9.18 Å². The molecule has 3 N–H and O–H groups in total. The Hall–Kier alpha value is -1.97. The first-order chi connectivity index (χ1) is 8.10. The van der Waals surface area contributed by atoms with E-state index < -0.39 is 0 Å². The fourth-order valence-electron chi connectivity index (χ4n) is 2.19. The number of hydrogen-bond acceptors (Lipinski definition) is 3. The number of ketones is 1. The minimum atomic E-state index is -0.371. The van der Waals surface area contributed by atoms with Crippen LogP contribution in [0.3, 0.4) is 0 Å². The van der Waals surface area contributed by atoms with Crippen LogP contribution in [0.25, 0.3) is 0 Å². The summed E-state index contributed by atoms with van der Waals surface area (Å²) in [6.07, 6.45) is 1.80. The zero-order valence-electron chi connectivity index (χ0n) is 9.51. The van der Waals surface area contributed by atoms with E-state index in [1.807, 2.05) is 0 Å². The highest BCUT2D eigenvalue weighted by atomic mass is 19.1. The van der Waals surface area contributed by atoms with Crippen LogP contribution < -0.4 is 5.73 Å². The molecule has 0 amide bonds. The second-order valence-corrected chi connectivity index (χ2v) is 4.00. The van der Waals surface area contributed by atoms with Crippen molar-refractivity contribution in [2.45, 2.75) is 19.8 Å². The van der Waals surface area contributed by atoms with Gasteiger partial charge < -0.3 is 11.1 Å². The molecule has 3 nitrogen and oxygen atoms in total. The summed E-state index contributed by atoms with van der Waals surface area (Å²) in [5.41, 5.74) is 7.85. The Kier molecular flexibility index (Phi) is 2.79. The topological polar surface area (TPSA) is 66.9 Å². The molecule has 1 aliphatic carbocycles. The third-order valence-electron chi connectivity index (χ3n) is 3.04. The van der Waals surface area contributed by atoms with E-state index in [0.717, 1.165) is 11.8 Å². The first-order valence-corrected chi connectivity index (χ1v) is 5.44. The maximum absolute atomic E-state index is 13.6. The number of halogens is 1. The molecular formula is C13H13FN2O. The molecule has 1 aliphatic rings. The van der Waals surface area contributed by atoms with Crippen LogP contribution in [-0.2, 0) is 12.8 Å². The molecule has 17 heavy (non-hydrogen) atoms. The van der Waals surface area contributed by atoms with Gasteiger partial charge in [0, 0.05) is 23.9 Å². The quantitative estimate of drug-likeness (QED) is 0.766. The zero-order valence-corrected chi connectivity index (χ0v) is 9.51. The van der Waals surface area contributed by atoms with Gasteiger partial charge in [0.15, 0.2) is 5.78 Å². The molecule has 0 aliphatic heterocycles. The number of hydrogen-bond donors (Lipinski definition) is 2. The van der Waals surface area contributed by atoms with E-state index in [4.69, 9.17) is 11.1 Å². The largest absolute Gasteiger partial charge is 0.401 e. The van der Waals surface area contributed by atoms with Gasteiger partial charge in [-0.1, -0.05) is 13.0 Å². The monoisotopic (exact) mass is 232 g/mol. The predicted molar refractivity (Wildman–Crippen MR) is 63.8 cm³/mol.